The summed E-state index contributed by atoms with van der Waals surface area (Å²) in [5.74, 6) is -0.0292. The van der Waals surface area contributed by atoms with E-state index in [0.29, 0.717) is 23.6 Å². The maximum Gasteiger partial charge on any atom is 0.338 e. The van der Waals surface area contributed by atoms with Crippen molar-refractivity contribution in [2.45, 2.75) is 39.7 Å². The highest BCUT2D eigenvalue weighted by Gasteiger charge is 2.16. The first kappa shape index (κ1) is 19.5. The van der Waals surface area contributed by atoms with Crippen LogP contribution in [0.25, 0.3) is 0 Å². The normalized spacial score (nSPS) is 11.5. The zero-order chi connectivity index (χ0) is 18.9. The molecule has 2 aromatic carbocycles. The van der Waals surface area contributed by atoms with Crippen LogP contribution in [0.2, 0.25) is 0 Å². The average molecular weight is 355 g/mol. The van der Waals surface area contributed by atoms with Crippen molar-refractivity contribution >= 4 is 17.6 Å². The number of carbonyl (C=O) groups excluding carboxylic acids is 2. The van der Waals surface area contributed by atoms with E-state index in [4.69, 9.17) is 9.47 Å². The van der Waals surface area contributed by atoms with E-state index < -0.39 is 12.1 Å². The number of ether oxygens (including phenoxy) is 2. The Hall–Kier alpha value is -2.82. The number of rotatable bonds is 8. The Morgan fingerprint density at radius 1 is 1.08 bits per heavy atom. The highest BCUT2D eigenvalue weighted by molar-refractivity contribution is 5.96. The summed E-state index contributed by atoms with van der Waals surface area (Å²) >= 11 is 0. The minimum absolute atomic E-state index is 0.286. The van der Waals surface area contributed by atoms with Crippen LogP contribution in [0.5, 0.6) is 5.75 Å². The maximum atomic E-state index is 12.4. The standard InChI is InChI=1S/C21H25NO4/c1-4-12-25-21(24)17-9-7-10-18(14-17)22-20(23)15(3)26-19-11-6-8-16(5-2)13-19/h6-11,13-15H,4-5,12H2,1-3H3,(H,22,23). The van der Waals surface area contributed by atoms with Crippen LogP contribution in [-0.2, 0) is 16.0 Å². The van der Waals surface area contributed by atoms with E-state index in [0.717, 1.165) is 18.4 Å². The predicted molar refractivity (Wildman–Crippen MR) is 102 cm³/mol. The van der Waals surface area contributed by atoms with E-state index >= 15 is 0 Å². The molecule has 138 valence electrons. The van der Waals surface area contributed by atoms with Gasteiger partial charge in [0, 0.05) is 5.69 Å². The molecule has 0 aliphatic rings. The number of amides is 1. The minimum atomic E-state index is -0.669. The van der Waals surface area contributed by atoms with Gasteiger partial charge in [-0.15, -0.1) is 0 Å². The summed E-state index contributed by atoms with van der Waals surface area (Å²) in [4.78, 5) is 24.3. The van der Waals surface area contributed by atoms with Gasteiger partial charge in [0.15, 0.2) is 6.10 Å². The van der Waals surface area contributed by atoms with Crippen molar-refractivity contribution in [3.63, 3.8) is 0 Å². The Balaban J connectivity index is 1.98. The van der Waals surface area contributed by atoms with Gasteiger partial charge in [0.1, 0.15) is 5.75 Å². The first-order chi connectivity index (χ1) is 12.5. The van der Waals surface area contributed by atoms with Gasteiger partial charge in [-0.3, -0.25) is 4.79 Å². The van der Waals surface area contributed by atoms with Crippen molar-refractivity contribution in [2.24, 2.45) is 0 Å². The molecule has 5 nitrogen and oxygen atoms in total. The molecule has 0 spiro atoms. The second-order valence-corrected chi connectivity index (χ2v) is 5.97. The van der Waals surface area contributed by atoms with Crippen LogP contribution in [0.4, 0.5) is 5.69 Å². The molecular weight excluding hydrogens is 330 g/mol. The van der Waals surface area contributed by atoms with E-state index in [1.165, 1.54) is 0 Å². The summed E-state index contributed by atoms with van der Waals surface area (Å²) in [6, 6.07) is 14.4. The molecule has 0 fully saturated rings. The lowest BCUT2D eigenvalue weighted by Crippen LogP contribution is -2.30. The van der Waals surface area contributed by atoms with E-state index in [1.54, 1.807) is 31.2 Å². The first-order valence-corrected chi connectivity index (χ1v) is 8.87. The molecule has 0 saturated heterocycles. The van der Waals surface area contributed by atoms with Crippen molar-refractivity contribution < 1.29 is 19.1 Å². The largest absolute Gasteiger partial charge is 0.481 e. The van der Waals surface area contributed by atoms with Gasteiger partial charge >= 0.3 is 5.97 Å². The lowest BCUT2D eigenvalue weighted by molar-refractivity contribution is -0.122. The number of carbonyl (C=O) groups is 2. The number of esters is 1. The average Bonchev–Trinajstić information content (AvgIpc) is 2.66. The summed E-state index contributed by atoms with van der Waals surface area (Å²) in [5.41, 5.74) is 2.08. The van der Waals surface area contributed by atoms with Gasteiger partial charge in [0.05, 0.1) is 12.2 Å². The van der Waals surface area contributed by atoms with Gasteiger partial charge in [-0.05, 0) is 55.7 Å². The van der Waals surface area contributed by atoms with Crippen LogP contribution in [0.15, 0.2) is 48.5 Å². The summed E-state index contributed by atoms with van der Waals surface area (Å²) in [5, 5.41) is 2.77. The summed E-state index contributed by atoms with van der Waals surface area (Å²) in [6.07, 6.45) is 0.993. The lowest BCUT2D eigenvalue weighted by Gasteiger charge is -2.15. The zero-order valence-electron chi connectivity index (χ0n) is 15.5. The molecule has 1 N–H and O–H groups in total. The molecule has 0 aromatic heterocycles. The molecule has 0 radical (unpaired) electrons. The summed E-state index contributed by atoms with van der Waals surface area (Å²) in [7, 11) is 0. The van der Waals surface area contributed by atoms with Crippen LogP contribution in [0.3, 0.4) is 0 Å². The van der Waals surface area contributed by atoms with Crippen LogP contribution in [0.1, 0.15) is 43.1 Å². The number of benzene rings is 2. The fourth-order valence-corrected chi connectivity index (χ4v) is 2.34. The van der Waals surface area contributed by atoms with Crippen molar-refractivity contribution in [3.8, 4) is 5.75 Å². The predicted octanol–water partition coefficient (Wildman–Crippen LogP) is 4.22. The molecule has 1 atom stereocenters. The van der Waals surface area contributed by atoms with Gasteiger partial charge in [0.25, 0.3) is 5.91 Å². The molecule has 1 unspecified atom stereocenters. The summed E-state index contributed by atoms with van der Waals surface area (Å²) < 4.78 is 10.8. The Bertz CT molecular complexity index is 757. The molecule has 26 heavy (non-hydrogen) atoms. The van der Waals surface area contributed by atoms with Crippen LogP contribution < -0.4 is 10.1 Å². The SMILES string of the molecule is CCCOC(=O)c1cccc(NC(=O)C(C)Oc2cccc(CC)c2)c1. The second-order valence-electron chi connectivity index (χ2n) is 5.97. The number of aryl methyl sites for hydroxylation is 1. The molecular formula is C21H25NO4. The molecule has 2 aromatic rings. The quantitative estimate of drug-likeness (QED) is 0.720. The molecule has 5 heteroatoms. The van der Waals surface area contributed by atoms with E-state index in [1.807, 2.05) is 31.2 Å². The maximum absolute atomic E-state index is 12.4. The van der Waals surface area contributed by atoms with Gasteiger partial charge in [-0.2, -0.15) is 0 Å². The fourth-order valence-electron chi connectivity index (χ4n) is 2.34. The van der Waals surface area contributed by atoms with Crippen molar-refractivity contribution in [1.82, 2.24) is 0 Å². The highest BCUT2D eigenvalue weighted by atomic mass is 16.5. The van der Waals surface area contributed by atoms with Crippen LogP contribution >= 0.6 is 0 Å². The monoisotopic (exact) mass is 355 g/mol. The molecule has 0 aliphatic carbocycles. The van der Waals surface area contributed by atoms with E-state index in [2.05, 4.69) is 12.2 Å². The summed E-state index contributed by atoms with van der Waals surface area (Å²) in [6.45, 7) is 6.06. The van der Waals surface area contributed by atoms with Gasteiger partial charge in [-0.1, -0.05) is 32.0 Å². The molecule has 1 amide bonds. The Kier molecular flexibility index (Phi) is 7.21. The number of hydrogen-bond donors (Lipinski definition) is 1. The van der Waals surface area contributed by atoms with Crippen LogP contribution in [0, 0.1) is 0 Å². The Morgan fingerprint density at radius 2 is 1.85 bits per heavy atom. The molecule has 0 bridgehead atoms. The molecule has 0 saturated carbocycles. The highest BCUT2D eigenvalue weighted by Crippen LogP contribution is 2.17. The first-order valence-electron chi connectivity index (χ1n) is 8.87. The van der Waals surface area contributed by atoms with Gasteiger partial charge in [0.2, 0.25) is 0 Å². The molecule has 2 rings (SSSR count). The smallest absolute Gasteiger partial charge is 0.338 e. The molecule has 0 aliphatic heterocycles. The Labute approximate surface area is 154 Å². The van der Waals surface area contributed by atoms with Crippen molar-refractivity contribution in [2.75, 3.05) is 11.9 Å². The topological polar surface area (TPSA) is 64.6 Å². The van der Waals surface area contributed by atoms with Gasteiger partial charge in [-0.25, -0.2) is 4.79 Å². The minimum Gasteiger partial charge on any atom is -0.481 e. The van der Waals surface area contributed by atoms with Crippen LogP contribution in [-0.4, -0.2) is 24.6 Å². The Morgan fingerprint density at radius 3 is 2.58 bits per heavy atom. The third-order valence-electron chi connectivity index (χ3n) is 3.79. The second kappa shape index (κ2) is 9.61. The number of nitrogens with one attached hydrogen (secondary N) is 1. The van der Waals surface area contributed by atoms with Crippen molar-refractivity contribution in [1.29, 1.82) is 0 Å². The van der Waals surface area contributed by atoms with E-state index in [-0.39, 0.29) is 5.91 Å². The molecule has 0 heterocycles. The fraction of sp³-hybridized carbons (Fsp3) is 0.333. The van der Waals surface area contributed by atoms with E-state index in [9.17, 15) is 9.59 Å². The van der Waals surface area contributed by atoms with Gasteiger partial charge < -0.3 is 14.8 Å². The lowest BCUT2D eigenvalue weighted by atomic mass is 10.1. The zero-order valence-corrected chi connectivity index (χ0v) is 15.5. The third-order valence-corrected chi connectivity index (χ3v) is 3.79. The number of hydrogen-bond acceptors (Lipinski definition) is 4. The number of anilines is 1. The van der Waals surface area contributed by atoms with Crippen molar-refractivity contribution in [3.05, 3.63) is 59.7 Å². The third kappa shape index (κ3) is 5.62.